The van der Waals surface area contributed by atoms with Crippen LogP contribution >= 0.6 is 23.2 Å². The van der Waals surface area contributed by atoms with Crippen LogP contribution in [0, 0.1) is 0 Å². The summed E-state index contributed by atoms with van der Waals surface area (Å²) in [5, 5.41) is 4.39. The van der Waals surface area contributed by atoms with Gasteiger partial charge in [-0.25, -0.2) is 4.98 Å². The predicted molar refractivity (Wildman–Crippen MR) is 96.1 cm³/mol. The Morgan fingerprint density at radius 2 is 1.91 bits per heavy atom. The maximum Gasteiger partial charge on any atom is 0.227 e. The highest BCUT2D eigenvalue weighted by Crippen LogP contribution is 2.28. The first-order valence-corrected chi connectivity index (χ1v) is 8.43. The number of aromatic nitrogens is 2. The van der Waals surface area contributed by atoms with Crippen LogP contribution in [0.1, 0.15) is 6.92 Å². The Balaban J connectivity index is 1.72. The number of nitrogens with zero attached hydrogens (tertiary/aromatic N) is 4. The van der Waals surface area contributed by atoms with Crippen LogP contribution in [0.25, 0.3) is 0 Å². The van der Waals surface area contributed by atoms with Gasteiger partial charge in [-0.2, -0.15) is 4.98 Å². The van der Waals surface area contributed by atoms with Crippen molar-refractivity contribution < 1.29 is 0 Å². The summed E-state index contributed by atoms with van der Waals surface area (Å²) in [5.74, 6) is 1.47. The van der Waals surface area contributed by atoms with E-state index in [-0.39, 0.29) is 0 Å². The quantitative estimate of drug-likeness (QED) is 0.910. The first-order chi connectivity index (χ1) is 11.2. The van der Waals surface area contributed by atoms with Gasteiger partial charge in [0.25, 0.3) is 0 Å². The van der Waals surface area contributed by atoms with Gasteiger partial charge in [0.05, 0.1) is 10.7 Å². The second kappa shape index (κ2) is 7.34. The Hall–Kier alpha value is -1.56. The molecule has 1 aromatic carbocycles. The maximum absolute atomic E-state index is 6.19. The van der Waals surface area contributed by atoms with Gasteiger partial charge in [0, 0.05) is 37.4 Å². The summed E-state index contributed by atoms with van der Waals surface area (Å²) in [4.78, 5) is 13.6. The Labute approximate surface area is 146 Å². The van der Waals surface area contributed by atoms with Gasteiger partial charge in [0.2, 0.25) is 5.95 Å². The van der Waals surface area contributed by atoms with E-state index in [4.69, 9.17) is 23.2 Å². The smallest absolute Gasteiger partial charge is 0.227 e. The number of likely N-dealkylation sites (N-methyl/N-ethyl adjacent to an activating group) is 1. The molecule has 0 bridgehead atoms. The molecule has 1 aromatic heterocycles. The number of hydrogen-bond donors (Lipinski definition) is 1. The normalized spacial score (nSPS) is 15.7. The molecule has 1 aliphatic rings. The van der Waals surface area contributed by atoms with E-state index in [1.807, 2.05) is 12.1 Å². The minimum absolute atomic E-state index is 0.564. The van der Waals surface area contributed by atoms with Crippen LogP contribution in [0.4, 0.5) is 17.5 Å². The van der Waals surface area contributed by atoms with Gasteiger partial charge >= 0.3 is 0 Å². The molecule has 2 aromatic rings. The van der Waals surface area contributed by atoms with Crippen LogP contribution in [-0.2, 0) is 0 Å². The second-order valence-corrected chi connectivity index (χ2v) is 6.26. The molecule has 2 heterocycles. The second-order valence-electron chi connectivity index (χ2n) is 5.41. The molecule has 1 saturated heterocycles. The summed E-state index contributed by atoms with van der Waals surface area (Å²) in [6.07, 6.45) is 1.76. The number of hydrogen-bond acceptors (Lipinski definition) is 5. The molecule has 3 rings (SSSR count). The molecule has 0 spiro atoms. The van der Waals surface area contributed by atoms with Gasteiger partial charge in [-0.3, -0.25) is 0 Å². The zero-order chi connectivity index (χ0) is 16.2. The van der Waals surface area contributed by atoms with E-state index in [9.17, 15) is 0 Å². The van der Waals surface area contributed by atoms with Crippen molar-refractivity contribution in [2.24, 2.45) is 0 Å². The number of nitrogens with one attached hydrogen (secondary N) is 1. The molecule has 0 radical (unpaired) electrons. The third-order valence-corrected chi connectivity index (χ3v) is 4.49. The van der Waals surface area contributed by atoms with Crippen LogP contribution in [0.3, 0.4) is 0 Å². The van der Waals surface area contributed by atoms with Crippen molar-refractivity contribution in [2.45, 2.75) is 6.92 Å². The standard InChI is InChI=1S/C16H19Cl2N5/c1-2-22-7-9-23(10-8-22)16-19-6-5-15(21-16)20-14-4-3-12(17)11-13(14)18/h3-6,11H,2,7-10H2,1H3,(H,19,20,21). The maximum atomic E-state index is 6.19. The molecule has 1 N–H and O–H groups in total. The zero-order valence-corrected chi connectivity index (χ0v) is 14.5. The molecule has 0 amide bonds. The summed E-state index contributed by atoms with van der Waals surface area (Å²) < 4.78 is 0. The van der Waals surface area contributed by atoms with Gasteiger partial charge in [0.1, 0.15) is 5.82 Å². The van der Waals surface area contributed by atoms with E-state index in [0.29, 0.717) is 10.0 Å². The third kappa shape index (κ3) is 4.05. The fraction of sp³-hybridized carbons (Fsp3) is 0.375. The third-order valence-electron chi connectivity index (χ3n) is 3.94. The van der Waals surface area contributed by atoms with E-state index >= 15 is 0 Å². The summed E-state index contributed by atoms with van der Waals surface area (Å²) in [6, 6.07) is 7.17. The zero-order valence-electron chi connectivity index (χ0n) is 13.0. The molecule has 0 unspecified atom stereocenters. The lowest BCUT2D eigenvalue weighted by Crippen LogP contribution is -2.46. The van der Waals surface area contributed by atoms with Crippen molar-refractivity contribution in [1.82, 2.24) is 14.9 Å². The van der Waals surface area contributed by atoms with E-state index in [1.54, 1.807) is 18.3 Å². The fourth-order valence-electron chi connectivity index (χ4n) is 2.56. The molecule has 5 nitrogen and oxygen atoms in total. The van der Waals surface area contributed by atoms with Crippen LogP contribution in [0.5, 0.6) is 0 Å². The highest BCUT2D eigenvalue weighted by molar-refractivity contribution is 6.36. The molecule has 7 heteroatoms. The molecule has 23 heavy (non-hydrogen) atoms. The largest absolute Gasteiger partial charge is 0.339 e. The van der Waals surface area contributed by atoms with Gasteiger partial charge in [-0.05, 0) is 30.8 Å². The first kappa shape index (κ1) is 16.3. The number of halogens is 2. The van der Waals surface area contributed by atoms with Gasteiger partial charge in [-0.15, -0.1) is 0 Å². The highest BCUT2D eigenvalue weighted by atomic mass is 35.5. The monoisotopic (exact) mass is 351 g/mol. The van der Waals surface area contributed by atoms with E-state index in [1.165, 1.54) is 0 Å². The van der Waals surface area contributed by atoms with Gasteiger partial charge in [0.15, 0.2) is 0 Å². The fourth-order valence-corrected chi connectivity index (χ4v) is 3.02. The van der Waals surface area contributed by atoms with E-state index < -0.39 is 0 Å². The lowest BCUT2D eigenvalue weighted by molar-refractivity contribution is 0.270. The van der Waals surface area contributed by atoms with Crippen LogP contribution in [0.15, 0.2) is 30.5 Å². The van der Waals surface area contributed by atoms with Crippen molar-refractivity contribution >= 4 is 40.7 Å². The average Bonchev–Trinajstić information content (AvgIpc) is 2.58. The first-order valence-electron chi connectivity index (χ1n) is 7.68. The average molecular weight is 352 g/mol. The number of anilines is 3. The SMILES string of the molecule is CCN1CCN(c2nccc(Nc3ccc(Cl)cc3Cl)n2)CC1. The van der Waals surface area contributed by atoms with Crippen LogP contribution in [-0.4, -0.2) is 47.6 Å². The van der Waals surface area contributed by atoms with Crippen molar-refractivity contribution in [3.63, 3.8) is 0 Å². The Kier molecular flexibility index (Phi) is 5.20. The minimum Gasteiger partial charge on any atom is -0.339 e. The summed E-state index contributed by atoms with van der Waals surface area (Å²) in [5.41, 5.74) is 0.775. The molecule has 1 aliphatic heterocycles. The number of rotatable bonds is 4. The van der Waals surface area contributed by atoms with E-state index in [0.717, 1.165) is 50.2 Å². The lowest BCUT2D eigenvalue weighted by Gasteiger charge is -2.34. The molecule has 0 atom stereocenters. The number of piperazine rings is 1. The molecular formula is C16H19Cl2N5. The van der Waals surface area contributed by atoms with E-state index in [2.05, 4.69) is 32.0 Å². The lowest BCUT2D eigenvalue weighted by atomic mass is 10.3. The predicted octanol–water partition coefficient (Wildman–Crippen LogP) is 3.67. The van der Waals surface area contributed by atoms with Crippen LogP contribution < -0.4 is 10.2 Å². The summed E-state index contributed by atoms with van der Waals surface area (Å²) in [7, 11) is 0. The van der Waals surface area contributed by atoms with Crippen molar-refractivity contribution in [3.8, 4) is 0 Å². The van der Waals surface area contributed by atoms with Gasteiger partial charge < -0.3 is 15.1 Å². The molecule has 1 fully saturated rings. The highest BCUT2D eigenvalue weighted by Gasteiger charge is 2.18. The molecule has 122 valence electrons. The van der Waals surface area contributed by atoms with Crippen molar-refractivity contribution in [2.75, 3.05) is 42.9 Å². The minimum atomic E-state index is 0.564. The topological polar surface area (TPSA) is 44.3 Å². The Morgan fingerprint density at radius 3 is 2.61 bits per heavy atom. The van der Waals surface area contributed by atoms with Gasteiger partial charge in [-0.1, -0.05) is 30.1 Å². The Bertz CT molecular complexity index is 671. The number of benzene rings is 1. The molecular weight excluding hydrogens is 333 g/mol. The van der Waals surface area contributed by atoms with Crippen molar-refractivity contribution in [1.29, 1.82) is 0 Å². The Morgan fingerprint density at radius 1 is 1.13 bits per heavy atom. The van der Waals surface area contributed by atoms with Crippen molar-refractivity contribution in [3.05, 3.63) is 40.5 Å². The summed E-state index contributed by atoms with van der Waals surface area (Å²) in [6.45, 7) is 7.25. The summed E-state index contributed by atoms with van der Waals surface area (Å²) >= 11 is 12.1. The van der Waals surface area contributed by atoms with Crippen LogP contribution in [0.2, 0.25) is 10.0 Å². The molecule has 0 aliphatic carbocycles. The molecule has 0 saturated carbocycles.